The van der Waals surface area contributed by atoms with E-state index in [1.165, 1.54) is 18.2 Å². The second-order valence-corrected chi connectivity index (χ2v) is 25.3. The Labute approximate surface area is 536 Å². The fourth-order valence-electron chi connectivity index (χ4n) is 12.2. The summed E-state index contributed by atoms with van der Waals surface area (Å²) < 4.78 is 112. The number of nitrogens with zero attached hydrogens (tertiary/aromatic N) is 4. The number of aryl methyl sites for hydroxylation is 2. The predicted molar refractivity (Wildman–Crippen MR) is 352 cm³/mol. The van der Waals surface area contributed by atoms with Crippen LogP contribution in [0.3, 0.4) is 0 Å². The van der Waals surface area contributed by atoms with Crippen molar-refractivity contribution in [2.24, 2.45) is 0 Å². The van der Waals surface area contributed by atoms with Crippen LogP contribution in [0, 0.1) is 32.2 Å². The maximum Gasteiger partial charge on any atom is 0.268 e. The van der Waals surface area contributed by atoms with Crippen molar-refractivity contribution in [2.75, 3.05) is 0 Å². The molecule has 0 amide bonds. The van der Waals surface area contributed by atoms with Gasteiger partial charge in [-0.05, 0) is 160 Å². The van der Waals surface area contributed by atoms with E-state index in [-0.39, 0.29) is 77.2 Å². The zero-order valence-corrected chi connectivity index (χ0v) is 51.6. The van der Waals surface area contributed by atoms with Gasteiger partial charge >= 0.3 is 0 Å². The van der Waals surface area contributed by atoms with Gasteiger partial charge in [0, 0.05) is 52.5 Å². The molecule has 86 heavy (non-hydrogen) atoms. The van der Waals surface area contributed by atoms with Crippen molar-refractivity contribution >= 4 is 32.8 Å². The minimum Gasteiger partial charge on any atom is -0.510 e. The summed E-state index contributed by atoms with van der Waals surface area (Å²) in [4.78, 5) is 4.89. The van der Waals surface area contributed by atoms with Crippen LogP contribution in [-0.4, -0.2) is 14.1 Å². The van der Waals surface area contributed by atoms with Crippen molar-refractivity contribution in [2.45, 2.75) is 92.3 Å². The SMILES string of the molecule is [2H]c1c([2H])c([2H])c(-c2cccc3c2-c2ccccc2-c2cc(-c4c(C([2H])([2H])[2H])cccc4C([2H])([2H])[2H])cc4c2[n+]([c-]n4-c2[c-]c(Oc4[c-]c5c(cc4)c4ccccc4n5-c4cc(C(C)(C)C)ccn4)ccc2)-c2c(-c4cc(C(C)(C)C)cc(C(C)(C)C)c4)cccc2-3)c([2H])c1[2H].[Pt]. The molecule has 0 radical (unpaired) electrons. The predicted octanol–water partition coefficient (Wildman–Crippen LogP) is 20.4. The summed E-state index contributed by atoms with van der Waals surface area (Å²) in [7, 11) is 0. The van der Waals surface area contributed by atoms with E-state index in [9.17, 15) is 2.74 Å². The van der Waals surface area contributed by atoms with E-state index in [0.717, 1.165) is 55.4 Å². The second kappa shape index (κ2) is 21.3. The number of imidazole rings is 1. The van der Waals surface area contributed by atoms with Crippen molar-refractivity contribution in [1.82, 2.24) is 14.1 Å². The first kappa shape index (κ1) is 44.6. The smallest absolute Gasteiger partial charge is 0.268 e. The van der Waals surface area contributed by atoms with E-state index in [2.05, 4.69) is 128 Å². The summed E-state index contributed by atoms with van der Waals surface area (Å²) in [6, 6.07) is 61.1. The van der Waals surface area contributed by atoms with Crippen molar-refractivity contribution in [3.05, 3.63) is 259 Å². The van der Waals surface area contributed by atoms with Gasteiger partial charge < -0.3 is 13.9 Å². The van der Waals surface area contributed by atoms with Crippen LogP contribution in [0.2, 0.25) is 0 Å². The molecular formula is C80H68N4OPt-2. The first-order chi connectivity index (χ1) is 45.4. The summed E-state index contributed by atoms with van der Waals surface area (Å²) in [5, 5.41) is 2.00. The molecule has 0 bridgehead atoms. The van der Waals surface area contributed by atoms with Gasteiger partial charge in [0.05, 0.1) is 23.6 Å². The van der Waals surface area contributed by atoms with Crippen LogP contribution >= 0.6 is 0 Å². The summed E-state index contributed by atoms with van der Waals surface area (Å²) in [5.74, 6) is 1.49. The van der Waals surface area contributed by atoms with Crippen molar-refractivity contribution in [3.63, 3.8) is 0 Å². The van der Waals surface area contributed by atoms with E-state index in [4.69, 9.17) is 22.1 Å². The summed E-state index contributed by atoms with van der Waals surface area (Å²) >= 11 is 0. The topological polar surface area (TPSA) is 35.9 Å². The number of pyridine rings is 1. The van der Waals surface area contributed by atoms with Gasteiger partial charge in [-0.3, -0.25) is 4.57 Å². The molecule has 426 valence electrons. The molecule has 3 aromatic heterocycles. The zero-order valence-electron chi connectivity index (χ0n) is 60.3. The first-order valence-corrected chi connectivity index (χ1v) is 28.8. The Morgan fingerprint density at radius 1 is 0.488 bits per heavy atom. The van der Waals surface area contributed by atoms with Crippen molar-refractivity contribution < 1.29 is 45.4 Å². The maximum absolute atomic E-state index is 9.49. The molecule has 0 fully saturated rings. The summed E-state index contributed by atoms with van der Waals surface area (Å²) in [6.07, 6.45) is 5.70. The standard InChI is InChI=1S/C80H68N4O.Pt/c1-50-23-19-24-51(2)74(50)54-43-69-63-29-15-16-31-66(63)75-61(52-25-13-12-14-26-52)32-21-34-67(75)68-35-22-33-62(53-41-56(79(6,7)8)45-57(42-53)80(9,10)11)76(68)83-49-82(72(44-54)77(69)83)58-27-20-28-59(47-58)85-60-37-38-65-64-30-17-18-36-70(64)84(71(65)48-60)73-46-55(39-40-81-73)78(3,4)5;/h12-46H,1-11H3;/q-2;/i1D3,2D3,12D,13D,14D,25D,26D;. The summed E-state index contributed by atoms with van der Waals surface area (Å²) in [6.45, 7) is 14.2. The molecule has 6 heteroatoms. The maximum atomic E-state index is 9.49. The molecular weight excluding hydrogens is 1230 g/mol. The van der Waals surface area contributed by atoms with Gasteiger partial charge in [0.15, 0.2) is 0 Å². The van der Waals surface area contributed by atoms with Crippen LogP contribution in [0.1, 0.15) is 105 Å². The van der Waals surface area contributed by atoms with Crippen LogP contribution in [0.5, 0.6) is 11.5 Å². The Hall–Kier alpha value is -8.89. The average Bonchev–Trinajstić information content (AvgIpc) is 1.60. The van der Waals surface area contributed by atoms with E-state index in [1.54, 1.807) is 6.07 Å². The molecule has 0 N–H and O–H groups in total. The van der Waals surface area contributed by atoms with E-state index in [0.29, 0.717) is 72.9 Å². The number of rotatable bonds is 7. The number of para-hydroxylation sites is 2. The summed E-state index contributed by atoms with van der Waals surface area (Å²) in [5.41, 5.74) is 12.4. The molecule has 5 nitrogen and oxygen atoms in total. The molecule has 0 unspecified atom stereocenters. The molecule has 10 aromatic carbocycles. The molecule has 0 saturated heterocycles. The van der Waals surface area contributed by atoms with E-state index < -0.39 is 31.8 Å². The number of benzene rings is 10. The van der Waals surface area contributed by atoms with Gasteiger partial charge in [-0.25, -0.2) is 4.98 Å². The number of hydrogen-bond donors (Lipinski definition) is 0. The van der Waals surface area contributed by atoms with Crippen LogP contribution in [0.4, 0.5) is 0 Å². The molecule has 1 aliphatic rings. The minimum absolute atomic E-state index is 0. The third-order valence-corrected chi connectivity index (χ3v) is 16.6. The van der Waals surface area contributed by atoms with Gasteiger partial charge in [0.2, 0.25) is 0 Å². The Kier molecular flexibility index (Phi) is 11.0. The Morgan fingerprint density at radius 3 is 1.86 bits per heavy atom. The molecule has 0 saturated carbocycles. The molecule has 1 aliphatic heterocycles. The third-order valence-electron chi connectivity index (χ3n) is 16.6. The molecule has 0 atom stereocenters. The van der Waals surface area contributed by atoms with Crippen LogP contribution < -0.4 is 9.30 Å². The number of ether oxygens (including phenoxy) is 1. The van der Waals surface area contributed by atoms with E-state index >= 15 is 0 Å². The van der Waals surface area contributed by atoms with Gasteiger partial charge in [0.25, 0.3) is 6.33 Å². The normalized spacial score (nSPS) is 14.4. The van der Waals surface area contributed by atoms with Gasteiger partial charge in [-0.15, -0.1) is 29.7 Å². The fraction of sp³-hybridized carbons (Fsp3) is 0.175. The second-order valence-electron chi connectivity index (χ2n) is 25.3. The number of hydrogen-bond acceptors (Lipinski definition) is 2. The largest absolute Gasteiger partial charge is 0.510 e. The van der Waals surface area contributed by atoms with Crippen LogP contribution in [0.15, 0.2) is 212 Å². The Bertz CT molecular complexity index is 5300. The Morgan fingerprint density at radius 2 is 1.13 bits per heavy atom. The number of aromatic nitrogens is 4. The fourth-order valence-corrected chi connectivity index (χ4v) is 12.2. The van der Waals surface area contributed by atoms with Crippen LogP contribution in [-0.2, 0) is 37.3 Å². The van der Waals surface area contributed by atoms with Crippen molar-refractivity contribution in [1.29, 1.82) is 0 Å². The Balaban J connectivity index is 0.00000849. The van der Waals surface area contributed by atoms with E-state index in [1.807, 2.05) is 125 Å². The van der Waals surface area contributed by atoms with Crippen LogP contribution in [0.25, 0.3) is 117 Å². The monoisotopic (exact) mass is 1310 g/mol. The molecule has 14 rings (SSSR count). The van der Waals surface area contributed by atoms with Gasteiger partial charge in [-0.1, -0.05) is 219 Å². The van der Waals surface area contributed by atoms with Gasteiger partial charge in [0.1, 0.15) is 5.82 Å². The molecule has 0 aliphatic carbocycles. The van der Waals surface area contributed by atoms with Gasteiger partial charge in [-0.2, -0.15) is 18.2 Å². The molecule has 0 spiro atoms. The molecule has 13 aromatic rings. The quantitative estimate of drug-likeness (QED) is 0.118. The minimum atomic E-state index is -2.78. The van der Waals surface area contributed by atoms with Crippen molar-refractivity contribution in [3.8, 4) is 95.5 Å². The average molecular weight is 1310 g/mol. The number of fused-ring (bicyclic) bond motifs is 10. The molecule has 4 heterocycles. The third kappa shape index (κ3) is 9.71. The zero-order chi connectivity index (χ0) is 68.0. The first-order valence-electron chi connectivity index (χ1n) is 34.3.